The van der Waals surface area contributed by atoms with E-state index in [1.165, 1.54) is 32.1 Å². The van der Waals surface area contributed by atoms with Crippen LogP contribution in [0.4, 0.5) is 0 Å². The van der Waals surface area contributed by atoms with Gasteiger partial charge >= 0.3 is 0 Å². The summed E-state index contributed by atoms with van der Waals surface area (Å²) in [6.07, 6.45) is 6.40. The van der Waals surface area contributed by atoms with Crippen LogP contribution in [-0.4, -0.2) is 69.2 Å². The molecule has 168 valence electrons. The summed E-state index contributed by atoms with van der Waals surface area (Å²) >= 11 is 0. The monoisotopic (exact) mass is 529 g/mol. The van der Waals surface area contributed by atoms with E-state index in [4.69, 9.17) is 4.74 Å². The molecule has 7 nitrogen and oxygen atoms in total. The first-order valence-corrected chi connectivity index (χ1v) is 10.8. The van der Waals surface area contributed by atoms with Gasteiger partial charge in [0.15, 0.2) is 5.96 Å². The van der Waals surface area contributed by atoms with Crippen molar-refractivity contribution in [2.24, 2.45) is 4.99 Å². The Labute approximate surface area is 197 Å². The lowest BCUT2D eigenvalue weighted by molar-refractivity contribution is -0.0352. The van der Waals surface area contributed by atoms with Gasteiger partial charge in [-0.05, 0) is 30.5 Å². The van der Waals surface area contributed by atoms with Gasteiger partial charge in [-0.3, -0.25) is 14.7 Å². The molecule has 1 aliphatic heterocycles. The fourth-order valence-electron chi connectivity index (χ4n) is 4.43. The van der Waals surface area contributed by atoms with E-state index in [1.54, 1.807) is 7.05 Å². The molecule has 1 saturated carbocycles. The number of rotatable bonds is 6. The van der Waals surface area contributed by atoms with Gasteiger partial charge in [0.1, 0.15) is 0 Å². The van der Waals surface area contributed by atoms with Crippen molar-refractivity contribution in [2.75, 3.05) is 46.9 Å². The molecule has 2 aliphatic rings. The first kappa shape index (κ1) is 24.9. The smallest absolute Gasteiger partial charge is 0.251 e. The number of nitrogens with one attached hydrogen (secondary N) is 3. The highest BCUT2D eigenvalue weighted by atomic mass is 127. The third-order valence-corrected chi connectivity index (χ3v) is 6.18. The van der Waals surface area contributed by atoms with Gasteiger partial charge in [0, 0.05) is 51.4 Å². The second kappa shape index (κ2) is 12.5. The molecule has 0 atom stereocenters. The van der Waals surface area contributed by atoms with Crippen LogP contribution in [0.25, 0.3) is 0 Å². The minimum absolute atomic E-state index is 0. The molecule has 1 saturated heterocycles. The predicted octanol–water partition coefficient (Wildman–Crippen LogP) is 2.36. The molecule has 0 bridgehead atoms. The minimum Gasteiger partial charge on any atom is -0.379 e. The molecule has 1 aliphatic carbocycles. The number of aliphatic imine (C=N–C) groups is 1. The molecular weight excluding hydrogens is 493 g/mol. The molecule has 8 heteroatoms. The zero-order valence-electron chi connectivity index (χ0n) is 18.2. The molecular formula is C22H36IN5O2. The topological polar surface area (TPSA) is 78.0 Å². The molecule has 0 spiro atoms. The van der Waals surface area contributed by atoms with Gasteiger partial charge in [-0.15, -0.1) is 24.0 Å². The second-order valence-electron chi connectivity index (χ2n) is 7.94. The van der Waals surface area contributed by atoms with Crippen molar-refractivity contribution < 1.29 is 9.53 Å². The summed E-state index contributed by atoms with van der Waals surface area (Å²) < 4.78 is 5.58. The van der Waals surface area contributed by atoms with E-state index in [2.05, 4.69) is 25.8 Å². The number of nitrogens with zero attached hydrogens (tertiary/aromatic N) is 2. The molecule has 1 aromatic carbocycles. The molecule has 0 unspecified atom stereocenters. The van der Waals surface area contributed by atoms with Crippen molar-refractivity contribution in [3.8, 4) is 0 Å². The number of halogens is 1. The number of carbonyl (C=O) groups excluding carboxylic acids is 1. The second-order valence-corrected chi connectivity index (χ2v) is 7.94. The highest BCUT2D eigenvalue weighted by Gasteiger charge is 2.38. The van der Waals surface area contributed by atoms with E-state index >= 15 is 0 Å². The SMILES string of the molecule is CN=C(NCc1ccc(C(=O)NC)cc1)NCC1(N2CCOCC2)CCCCC1.I. The number of morpholine rings is 1. The van der Waals surface area contributed by atoms with Crippen LogP contribution in [-0.2, 0) is 11.3 Å². The lowest BCUT2D eigenvalue weighted by Gasteiger charge is -2.48. The largest absolute Gasteiger partial charge is 0.379 e. The van der Waals surface area contributed by atoms with Gasteiger partial charge in [0.25, 0.3) is 5.91 Å². The molecule has 0 aromatic heterocycles. The Morgan fingerprint density at radius 3 is 2.37 bits per heavy atom. The van der Waals surface area contributed by atoms with Crippen molar-refractivity contribution in [1.82, 2.24) is 20.9 Å². The number of hydrogen-bond acceptors (Lipinski definition) is 4. The van der Waals surface area contributed by atoms with Gasteiger partial charge < -0.3 is 20.7 Å². The van der Waals surface area contributed by atoms with Crippen LogP contribution in [0.15, 0.2) is 29.3 Å². The summed E-state index contributed by atoms with van der Waals surface area (Å²) in [5.41, 5.74) is 1.99. The number of ether oxygens (including phenoxy) is 1. The normalized spacial score (nSPS) is 19.5. The van der Waals surface area contributed by atoms with Crippen molar-refractivity contribution in [1.29, 1.82) is 0 Å². The Morgan fingerprint density at radius 2 is 1.77 bits per heavy atom. The number of guanidine groups is 1. The lowest BCUT2D eigenvalue weighted by Crippen LogP contribution is -2.60. The number of amides is 1. The maximum atomic E-state index is 11.7. The lowest BCUT2D eigenvalue weighted by atomic mass is 9.80. The van der Waals surface area contributed by atoms with Gasteiger partial charge in [-0.25, -0.2) is 0 Å². The highest BCUT2D eigenvalue weighted by molar-refractivity contribution is 14.0. The average Bonchev–Trinajstić information content (AvgIpc) is 2.80. The fourth-order valence-corrected chi connectivity index (χ4v) is 4.43. The standard InChI is InChI=1S/C22H35N5O2.HI/c1-23-20(28)19-8-6-18(7-9-19)16-25-21(24-2)26-17-22(10-4-3-5-11-22)27-12-14-29-15-13-27;/h6-9H,3-5,10-17H2,1-2H3,(H,23,28)(H2,24,25,26);1H. The molecule has 1 heterocycles. The molecule has 0 radical (unpaired) electrons. The molecule has 2 fully saturated rings. The fraction of sp³-hybridized carbons (Fsp3) is 0.636. The summed E-state index contributed by atoms with van der Waals surface area (Å²) in [6, 6.07) is 7.64. The van der Waals surface area contributed by atoms with Crippen molar-refractivity contribution in [3.05, 3.63) is 35.4 Å². The van der Waals surface area contributed by atoms with E-state index in [0.717, 1.165) is 44.4 Å². The van der Waals surface area contributed by atoms with Crippen LogP contribution >= 0.6 is 24.0 Å². The molecule has 1 amide bonds. The first-order valence-electron chi connectivity index (χ1n) is 10.8. The Bertz CT molecular complexity index is 683. The quantitative estimate of drug-likeness (QED) is 0.300. The molecule has 3 rings (SSSR count). The Hall–Kier alpha value is -1.39. The van der Waals surface area contributed by atoms with Crippen LogP contribution in [0.1, 0.15) is 48.0 Å². The van der Waals surface area contributed by atoms with Crippen LogP contribution in [0.3, 0.4) is 0 Å². The highest BCUT2D eigenvalue weighted by Crippen LogP contribution is 2.33. The van der Waals surface area contributed by atoms with Crippen LogP contribution in [0, 0.1) is 0 Å². The molecule has 3 N–H and O–H groups in total. The summed E-state index contributed by atoms with van der Waals surface area (Å²) in [4.78, 5) is 18.7. The summed E-state index contributed by atoms with van der Waals surface area (Å²) in [5, 5.41) is 9.62. The van der Waals surface area contributed by atoms with E-state index in [9.17, 15) is 4.79 Å². The summed E-state index contributed by atoms with van der Waals surface area (Å²) in [5.74, 6) is 0.751. The van der Waals surface area contributed by atoms with Crippen LogP contribution < -0.4 is 16.0 Å². The van der Waals surface area contributed by atoms with E-state index in [1.807, 2.05) is 31.3 Å². The van der Waals surface area contributed by atoms with Crippen LogP contribution in [0.5, 0.6) is 0 Å². The number of benzene rings is 1. The van der Waals surface area contributed by atoms with Crippen LogP contribution in [0.2, 0.25) is 0 Å². The Balaban J connectivity index is 0.00000320. The average molecular weight is 529 g/mol. The number of hydrogen-bond donors (Lipinski definition) is 3. The maximum Gasteiger partial charge on any atom is 0.251 e. The summed E-state index contributed by atoms with van der Waals surface area (Å²) in [6.45, 7) is 5.28. The molecule has 30 heavy (non-hydrogen) atoms. The third-order valence-electron chi connectivity index (χ3n) is 6.18. The van der Waals surface area contributed by atoms with Gasteiger partial charge in [-0.2, -0.15) is 0 Å². The third kappa shape index (κ3) is 6.55. The van der Waals surface area contributed by atoms with E-state index in [-0.39, 0.29) is 35.4 Å². The maximum absolute atomic E-state index is 11.7. The van der Waals surface area contributed by atoms with Gasteiger partial charge in [0.2, 0.25) is 0 Å². The zero-order chi connectivity index (χ0) is 20.5. The van der Waals surface area contributed by atoms with Crippen molar-refractivity contribution >= 4 is 35.8 Å². The number of carbonyl (C=O) groups is 1. The van der Waals surface area contributed by atoms with E-state index < -0.39 is 0 Å². The first-order chi connectivity index (χ1) is 14.2. The Kier molecular flexibility index (Phi) is 10.3. The minimum atomic E-state index is -0.0668. The molecule has 1 aromatic rings. The van der Waals surface area contributed by atoms with E-state index in [0.29, 0.717) is 12.1 Å². The van der Waals surface area contributed by atoms with Gasteiger partial charge in [0.05, 0.1) is 13.2 Å². The van der Waals surface area contributed by atoms with Gasteiger partial charge in [-0.1, -0.05) is 31.4 Å². The summed E-state index contributed by atoms with van der Waals surface area (Å²) in [7, 11) is 3.45. The Morgan fingerprint density at radius 1 is 1.10 bits per heavy atom. The predicted molar refractivity (Wildman–Crippen MR) is 132 cm³/mol. The van der Waals surface area contributed by atoms with Crippen molar-refractivity contribution in [3.63, 3.8) is 0 Å². The van der Waals surface area contributed by atoms with Crippen molar-refractivity contribution in [2.45, 2.75) is 44.2 Å². The zero-order valence-corrected chi connectivity index (χ0v) is 20.5.